The minimum atomic E-state index is -0.418. The van der Waals surface area contributed by atoms with Gasteiger partial charge >= 0.3 is 6.09 Å². The second kappa shape index (κ2) is 24.5. The summed E-state index contributed by atoms with van der Waals surface area (Å²) in [6.45, 7) is 17.4. The third-order valence-corrected chi connectivity index (χ3v) is 13.2. The number of carbonyl (C=O) groups excluding carboxylic acids is 1. The average molecular weight is 719 g/mol. The summed E-state index contributed by atoms with van der Waals surface area (Å²) in [5.41, 5.74) is 16.6. The highest BCUT2D eigenvalue weighted by Gasteiger charge is 2.28. The first kappa shape index (κ1) is 44.5. The minimum absolute atomic E-state index is 0.262. The van der Waals surface area contributed by atoms with E-state index in [1.165, 1.54) is 142 Å². The molecule has 51 heavy (non-hydrogen) atoms. The van der Waals surface area contributed by atoms with E-state index in [0.29, 0.717) is 12.0 Å². The van der Waals surface area contributed by atoms with Gasteiger partial charge in [-0.1, -0.05) is 26.7 Å². The summed E-state index contributed by atoms with van der Waals surface area (Å²) in [7, 11) is 0. The van der Waals surface area contributed by atoms with Crippen molar-refractivity contribution in [1.82, 2.24) is 15.1 Å². The monoisotopic (exact) mass is 719 g/mol. The van der Waals surface area contributed by atoms with Crippen LogP contribution in [0.2, 0.25) is 0 Å². The molecule has 4 saturated carbocycles. The number of hydrogen-bond donors (Lipinski definition) is 4. The first-order chi connectivity index (χ1) is 24.5. The molecule has 1 amide bonds. The number of ether oxygens (including phenoxy) is 1. The Bertz CT molecular complexity index is 833. The zero-order valence-electron chi connectivity index (χ0n) is 34.4. The molecular formula is C43H86N6O2. The summed E-state index contributed by atoms with van der Waals surface area (Å²) < 4.78 is 5.22. The van der Waals surface area contributed by atoms with Gasteiger partial charge in [0.1, 0.15) is 5.60 Å². The van der Waals surface area contributed by atoms with Crippen molar-refractivity contribution in [3.05, 3.63) is 0 Å². The summed E-state index contributed by atoms with van der Waals surface area (Å²) in [5.74, 6) is 3.51. The maximum absolute atomic E-state index is 11.5. The minimum Gasteiger partial charge on any atom is -0.444 e. The topological polar surface area (TPSA) is 123 Å². The lowest BCUT2D eigenvalue weighted by Gasteiger charge is -2.34. The van der Waals surface area contributed by atoms with Gasteiger partial charge in [-0.2, -0.15) is 0 Å². The van der Waals surface area contributed by atoms with Crippen LogP contribution in [-0.2, 0) is 4.74 Å². The second-order valence-electron chi connectivity index (χ2n) is 18.3. The molecule has 0 aromatic heterocycles. The lowest BCUT2D eigenvalue weighted by atomic mass is 9.84. The molecule has 0 bridgehead atoms. The van der Waals surface area contributed by atoms with Crippen LogP contribution in [0.3, 0.4) is 0 Å². The molecule has 0 spiro atoms. The van der Waals surface area contributed by atoms with Crippen LogP contribution < -0.4 is 22.5 Å². The fourth-order valence-electron chi connectivity index (χ4n) is 9.49. The molecule has 2 heterocycles. The molecule has 0 unspecified atom stereocenters. The zero-order chi connectivity index (χ0) is 37.1. The Morgan fingerprint density at radius 1 is 0.588 bits per heavy atom. The maximum Gasteiger partial charge on any atom is 0.407 e. The lowest BCUT2D eigenvalue weighted by molar-refractivity contribution is 0.0488. The van der Waals surface area contributed by atoms with Crippen LogP contribution in [0.1, 0.15) is 176 Å². The van der Waals surface area contributed by atoms with Crippen molar-refractivity contribution in [2.45, 2.75) is 206 Å². The van der Waals surface area contributed by atoms with Crippen LogP contribution in [0.25, 0.3) is 0 Å². The highest BCUT2D eigenvalue weighted by molar-refractivity contribution is 5.68. The summed E-state index contributed by atoms with van der Waals surface area (Å²) in [4.78, 5) is 17.0. The summed E-state index contributed by atoms with van der Waals surface area (Å²) in [6, 6.07) is 2.65. The highest BCUT2D eigenvalue weighted by atomic mass is 16.6. The molecular weight excluding hydrogens is 633 g/mol. The Balaban J connectivity index is 0.000000187. The predicted octanol–water partition coefficient (Wildman–Crippen LogP) is 8.59. The van der Waals surface area contributed by atoms with Gasteiger partial charge in [0.25, 0.3) is 0 Å². The van der Waals surface area contributed by atoms with E-state index < -0.39 is 5.60 Å². The van der Waals surface area contributed by atoms with Gasteiger partial charge in [-0.15, -0.1) is 0 Å². The fourth-order valence-corrected chi connectivity index (χ4v) is 9.49. The van der Waals surface area contributed by atoms with Crippen LogP contribution in [0, 0.1) is 23.7 Å². The normalized spacial score (nSPS) is 33.4. The molecule has 8 nitrogen and oxygen atoms in total. The molecule has 6 aliphatic rings. The van der Waals surface area contributed by atoms with Gasteiger partial charge in [0, 0.05) is 24.2 Å². The molecule has 8 heteroatoms. The SMILES string of the molecule is CC(C)(C)OC(=O)NC1CCC(CN)CC1.CCC1CCC(N)CC1.CCC1CCC(N2CCCC2)CC1.NCC1CCC(N2CCCC2)CC1. The number of hydrogen-bond acceptors (Lipinski definition) is 7. The van der Waals surface area contributed by atoms with Crippen molar-refractivity contribution < 1.29 is 9.53 Å². The maximum atomic E-state index is 11.5. The van der Waals surface area contributed by atoms with E-state index in [4.69, 9.17) is 21.9 Å². The van der Waals surface area contributed by atoms with Crippen LogP contribution in [0.4, 0.5) is 4.79 Å². The van der Waals surface area contributed by atoms with Gasteiger partial charge in [0.05, 0.1) is 0 Å². The van der Waals surface area contributed by atoms with Crippen molar-refractivity contribution in [2.75, 3.05) is 39.3 Å². The van der Waals surface area contributed by atoms with Gasteiger partial charge < -0.3 is 37.1 Å². The van der Waals surface area contributed by atoms with E-state index in [2.05, 4.69) is 29.0 Å². The number of nitrogens with zero attached hydrogens (tertiary/aromatic N) is 2. The van der Waals surface area contributed by atoms with Crippen molar-refractivity contribution in [3.8, 4) is 0 Å². The fraction of sp³-hybridized carbons (Fsp3) is 0.977. The molecule has 4 aliphatic carbocycles. The Morgan fingerprint density at radius 3 is 1.29 bits per heavy atom. The van der Waals surface area contributed by atoms with Gasteiger partial charge in [-0.25, -0.2) is 4.79 Å². The molecule has 2 saturated heterocycles. The predicted molar refractivity (Wildman–Crippen MR) is 217 cm³/mol. The van der Waals surface area contributed by atoms with Crippen LogP contribution in [0.15, 0.2) is 0 Å². The number of likely N-dealkylation sites (tertiary alicyclic amines) is 2. The molecule has 2 aliphatic heterocycles. The quantitative estimate of drug-likeness (QED) is 0.208. The van der Waals surface area contributed by atoms with Gasteiger partial charge in [0.15, 0.2) is 0 Å². The third-order valence-electron chi connectivity index (χ3n) is 13.2. The molecule has 7 N–H and O–H groups in total. The highest BCUT2D eigenvalue weighted by Crippen LogP contribution is 2.31. The largest absolute Gasteiger partial charge is 0.444 e. The number of alkyl carbamates (subject to hydrolysis) is 1. The lowest BCUT2D eigenvalue weighted by Crippen LogP contribution is -2.41. The second-order valence-corrected chi connectivity index (χ2v) is 18.3. The number of rotatable bonds is 7. The number of nitrogens with two attached hydrogens (primary N) is 3. The standard InChI is InChI=1S/C12H24N2O2.C12H23N.C11H22N2.C8H17N/c1-12(2,3)16-11(15)14-10-6-4-9(8-13)5-7-10;1-2-11-5-7-12(8-6-11)13-9-3-4-10-13;12-9-10-3-5-11(6-4-10)13-7-1-2-8-13;1-2-7-3-5-8(9)6-4-7/h9-10H,4-8,13H2,1-3H3,(H,14,15);11-12H,2-10H2,1H3;10-11H,1-9,12H2;7-8H,2-6,9H2,1H3. The third kappa shape index (κ3) is 17.8. The number of amides is 1. The van der Waals surface area contributed by atoms with Crippen LogP contribution in [-0.4, -0.2) is 84.9 Å². The molecule has 300 valence electrons. The van der Waals surface area contributed by atoms with Crippen LogP contribution in [0.5, 0.6) is 0 Å². The summed E-state index contributed by atoms with van der Waals surface area (Å²) >= 11 is 0. The van der Waals surface area contributed by atoms with Crippen molar-refractivity contribution in [1.29, 1.82) is 0 Å². The molecule has 6 fully saturated rings. The molecule has 0 atom stereocenters. The van der Waals surface area contributed by atoms with E-state index in [0.717, 1.165) is 68.6 Å². The Hall–Kier alpha value is -0.930. The van der Waals surface area contributed by atoms with E-state index in [1.807, 2.05) is 20.8 Å². The zero-order valence-corrected chi connectivity index (χ0v) is 34.4. The number of carbonyl (C=O) groups is 1. The molecule has 0 aromatic carbocycles. The Kier molecular flexibility index (Phi) is 21.3. The molecule has 0 aromatic rings. The van der Waals surface area contributed by atoms with E-state index in [1.54, 1.807) is 0 Å². The summed E-state index contributed by atoms with van der Waals surface area (Å²) in [6.07, 6.45) is 29.3. The summed E-state index contributed by atoms with van der Waals surface area (Å²) in [5, 5.41) is 2.92. The van der Waals surface area contributed by atoms with E-state index in [-0.39, 0.29) is 12.1 Å². The van der Waals surface area contributed by atoms with Crippen molar-refractivity contribution in [2.24, 2.45) is 40.9 Å². The smallest absolute Gasteiger partial charge is 0.407 e. The average Bonchev–Trinajstić information content (AvgIpc) is 3.89. The first-order valence-electron chi connectivity index (χ1n) is 22.2. The van der Waals surface area contributed by atoms with Crippen molar-refractivity contribution in [3.63, 3.8) is 0 Å². The first-order valence-corrected chi connectivity index (χ1v) is 22.2. The van der Waals surface area contributed by atoms with Crippen LogP contribution >= 0.6 is 0 Å². The van der Waals surface area contributed by atoms with Gasteiger partial charge in [0.2, 0.25) is 0 Å². The van der Waals surface area contributed by atoms with Gasteiger partial charge in [-0.05, 0) is 212 Å². The van der Waals surface area contributed by atoms with E-state index in [9.17, 15) is 4.79 Å². The Morgan fingerprint density at radius 2 is 0.941 bits per heavy atom. The Labute approximate surface area is 315 Å². The molecule has 6 rings (SSSR count). The van der Waals surface area contributed by atoms with Crippen molar-refractivity contribution >= 4 is 6.09 Å². The number of nitrogens with one attached hydrogen (secondary N) is 1. The molecule has 0 radical (unpaired) electrons. The van der Waals surface area contributed by atoms with E-state index >= 15 is 0 Å². The van der Waals surface area contributed by atoms with Gasteiger partial charge in [-0.3, -0.25) is 0 Å².